The summed E-state index contributed by atoms with van der Waals surface area (Å²) >= 11 is 0. The predicted molar refractivity (Wildman–Crippen MR) is 107 cm³/mol. The number of aliphatic carboxylic acids is 1. The molecule has 1 atom stereocenters. The average molecular weight is 470 g/mol. The van der Waals surface area contributed by atoms with Crippen LogP contribution in [0.5, 0.6) is 0 Å². The monoisotopic (exact) mass is 470 g/mol. The molecule has 5 nitrogen and oxygen atoms in total. The van der Waals surface area contributed by atoms with Crippen molar-refractivity contribution in [3.63, 3.8) is 0 Å². The Hall–Kier alpha value is -3.76. The van der Waals surface area contributed by atoms with Crippen molar-refractivity contribution in [3.8, 4) is 0 Å². The van der Waals surface area contributed by atoms with Crippen molar-refractivity contribution in [2.75, 3.05) is 0 Å². The van der Waals surface area contributed by atoms with Crippen LogP contribution in [0.3, 0.4) is 0 Å². The maximum atomic E-state index is 12.9. The number of aromatic nitrogens is 1. The second-order valence-electron chi connectivity index (χ2n) is 7.14. The van der Waals surface area contributed by atoms with E-state index in [1.165, 1.54) is 0 Å². The SMILES string of the molecule is O=C(C=Cc1cc(C(F)(F)F)cc(C(F)(F)F)c1)N[C@@H](Cc1c[nH]c2ccccc12)C(=O)O. The molecule has 0 unspecified atom stereocenters. The number of aromatic amines is 1. The van der Waals surface area contributed by atoms with Gasteiger partial charge in [-0.3, -0.25) is 4.79 Å². The topological polar surface area (TPSA) is 82.2 Å². The van der Waals surface area contributed by atoms with Crippen molar-refractivity contribution >= 4 is 28.9 Å². The van der Waals surface area contributed by atoms with Gasteiger partial charge in [-0.05, 0) is 41.5 Å². The molecule has 0 aliphatic heterocycles. The highest BCUT2D eigenvalue weighted by Crippen LogP contribution is 2.36. The lowest BCUT2D eigenvalue weighted by molar-refractivity contribution is -0.143. The van der Waals surface area contributed by atoms with Crippen molar-refractivity contribution in [1.82, 2.24) is 10.3 Å². The summed E-state index contributed by atoms with van der Waals surface area (Å²) in [6.07, 6.45) is -7.13. The van der Waals surface area contributed by atoms with E-state index in [4.69, 9.17) is 0 Å². The number of halogens is 6. The summed E-state index contributed by atoms with van der Waals surface area (Å²) in [5, 5.41) is 12.4. The van der Waals surface area contributed by atoms with E-state index in [0.717, 1.165) is 17.0 Å². The quantitative estimate of drug-likeness (QED) is 0.349. The standard InChI is InChI=1S/C22H16F6N2O3/c23-21(24,25)14-7-12(8-15(10-14)22(26,27)28)5-6-19(31)30-18(20(32)33)9-13-11-29-17-4-2-1-3-16(13)17/h1-8,10-11,18,29H,9H2,(H,30,31)(H,32,33)/t18-/m0/s1. The molecule has 1 amide bonds. The van der Waals surface area contributed by atoms with Crippen LogP contribution in [0.1, 0.15) is 22.3 Å². The number of amides is 1. The van der Waals surface area contributed by atoms with Gasteiger partial charge < -0.3 is 15.4 Å². The third-order valence-corrected chi connectivity index (χ3v) is 4.75. The number of benzene rings is 2. The number of fused-ring (bicyclic) bond motifs is 1. The predicted octanol–water partition coefficient (Wildman–Crippen LogP) is 5.03. The summed E-state index contributed by atoms with van der Waals surface area (Å²) in [7, 11) is 0. The molecule has 0 bridgehead atoms. The van der Waals surface area contributed by atoms with Crippen LogP contribution in [0.25, 0.3) is 17.0 Å². The van der Waals surface area contributed by atoms with E-state index < -0.39 is 47.0 Å². The van der Waals surface area contributed by atoms with Crippen LogP contribution in [0, 0.1) is 0 Å². The molecule has 0 spiro atoms. The number of carboxylic acid groups (broad SMARTS) is 1. The van der Waals surface area contributed by atoms with Gasteiger partial charge in [0.25, 0.3) is 0 Å². The Kier molecular flexibility index (Phi) is 6.52. The highest BCUT2D eigenvalue weighted by molar-refractivity contribution is 5.94. The van der Waals surface area contributed by atoms with Crippen molar-refractivity contribution < 1.29 is 41.0 Å². The Balaban J connectivity index is 1.79. The Labute approximate surface area is 182 Å². The van der Waals surface area contributed by atoms with Crippen LogP contribution in [-0.2, 0) is 28.4 Å². The fourth-order valence-electron chi connectivity index (χ4n) is 3.19. The lowest BCUT2D eigenvalue weighted by Crippen LogP contribution is -2.41. The number of H-pyrrole nitrogens is 1. The molecule has 0 aliphatic carbocycles. The number of rotatable bonds is 6. The molecule has 0 saturated carbocycles. The fourth-order valence-corrected chi connectivity index (χ4v) is 3.19. The van der Waals surface area contributed by atoms with E-state index in [9.17, 15) is 41.0 Å². The van der Waals surface area contributed by atoms with E-state index in [-0.39, 0.29) is 12.5 Å². The lowest BCUT2D eigenvalue weighted by atomic mass is 10.0. The van der Waals surface area contributed by atoms with Crippen molar-refractivity contribution in [3.05, 3.63) is 77.0 Å². The van der Waals surface area contributed by atoms with Crippen LogP contribution < -0.4 is 5.32 Å². The van der Waals surface area contributed by atoms with Gasteiger partial charge in [0, 0.05) is 29.6 Å². The summed E-state index contributed by atoms with van der Waals surface area (Å²) in [6, 6.07) is 6.57. The summed E-state index contributed by atoms with van der Waals surface area (Å²) in [4.78, 5) is 26.7. The lowest BCUT2D eigenvalue weighted by Gasteiger charge is -2.14. The van der Waals surface area contributed by atoms with Crippen LogP contribution in [0.2, 0.25) is 0 Å². The van der Waals surface area contributed by atoms with E-state index >= 15 is 0 Å². The zero-order valence-corrected chi connectivity index (χ0v) is 16.6. The Bertz CT molecular complexity index is 1180. The minimum Gasteiger partial charge on any atom is -0.480 e. The number of carboxylic acids is 1. The molecule has 174 valence electrons. The fraction of sp³-hybridized carbons (Fsp3) is 0.182. The van der Waals surface area contributed by atoms with E-state index in [0.29, 0.717) is 23.8 Å². The second-order valence-corrected chi connectivity index (χ2v) is 7.14. The molecule has 0 fully saturated rings. The molecule has 33 heavy (non-hydrogen) atoms. The number of carbonyl (C=O) groups excluding carboxylic acids is 1. The van der Waals surface area contributed by atoms with Gasteiger partial charge in [-0.1, -0.05) is 18.2 Å². The Morgan fingerprint density at radius 2 is 1.61 bits per heavy atom. The average Bonchev–Trinajstić information content (AvgIpc) is 3.13. The Morgan fingerprint density at radius 1 is 1.00 bits per heavy atom. The molecule has 3 N–H and O–H groups in total. The molecule has 11 heteroatoms. The van der Waals surface area contributed by atoms with Crippen molar-refractivity contribution in [2.45, 2.75) is 24.8 Å². The third kappa shape index (κ3) is 5.93. The number of hydrogen-bond acceptors (Lipinski definition) is 2. The van der Waals surface area contributed by atoms with Crippen LogP contribution in [-0.4, -0.2) is 28.0 Å². The summed E-state index contributed by atoms with van der Waals surface area (Å²) in [5.41, 5.74) is -2.21. The maximum Gasteiger partial charge on any atom is 0.416 e. The van der Waals surface area contributed by atoms with Crippen LogP contribution in [0.15, 0.2) is 54.7 Å². The van der Waals surface area contributed by atoms with Crippen LogP contribution in [0.4, 0.5) is 26.3 Å². The van der Waals surface area contributed by atoms with Gasteiger partial charge in [0.1, 0.15) is 6.04 Å². The summed E-state index contributed by atoms with van der Waals surface area (Å²) < 4.78 is 77.7. The minimum atomic E-state index is -5.03. The third-order valence-electron chi connectivity index (χ3n) is 4.75. The Morgan fingerprint density at radius 3 is 2.18 bits per heavy atom. The molecular formula is C22H16F6N2O3. The number of hydrogen-bond donors (Lipinski definition) is 3. The molecule has 0 saturated heterocycles. The van der Waals surface area contributed by atoms with E-state index in [2.05, 4.69) is 10.3 Å². The first kappa shape index (κ1) is 23.9. The molecule has 1 aromatic heterocycles. The number of para-hydroxylation sites is 1. The largest absolute Gasteiger partial charge is 0.480 e. The smallest absolute Gasteiger partial charge is 0.416 e. The molecular weight excluding hydrogens is 454 g/mol. The zero-order valence-electron chi connectivity index (χ0n) is 16.6. The van der Waals surface area contributed by atoms with Crippen molar-refractivity contribution in [2.24, 2.45) is 0 Å². The van der Waals surface area contributed by atoms with Gasteiger partial charge in [0.15, 0.2) is 0 Å². The van der Waals surface area contributed by atoms with Gasteiger partial charge in [0.05, 0.1) is 11.1 Å². The number of nitrogens with one attached hydrogen (secondary N) is 2. The first-order valence-electron chi connectivity index (χ1n) is 9.40. The minimum absolute atomic E-state index is 0.0287. The highest BCUT2D eigenvalue weighted by atomic mass is 19.4. The van der Waals surface area contributed by atoms with E-state index in [1.54, 1.807) is 30.5 Å². The number of carbonyl (C=O) groups is 2. The molecule has 3 aromatic rings. The molecule has 2 aromatic carbocycles. The normalized spacial score (nSPS) is 13.4. The number of alkyl halides is 6. The van der Waals surface area contributed by atoms with Gasteiger partial charge in [-0.2, -0.15) is 26.3 Å². The van der Waals surface area contributed by atoms with Gasteiger partial charge in [0.2, 0.25) is 5.91 Å². The summed E-state index contributed by atoms with van der Waals surface area (Å²) in [6.45, 7) is 0. The molecule has 0 aliphatic rings. The first-order chi connectivity index (χ1) is 15.3. The summed E-state index contributed by atoms with van der Waals surface area (Å²) in [5.74, 6) is -2.35. The van der Waals surface area contributed by atoms with Gasteiger partial charge in [-0.25, -0.2) is 4.79 Å². The van der Waals surface area contributed by atoms with Crippen molar-refractivity contribution in [1.29, 1.82) is 0 Å². The van der Waals surface area contributed by atoms with Gasteiger partial charge in [-0.15, -0.1) is 0 Å². The molecule has 3 rings (SSSR count). The van der Waals surface area contributed by atoms with Crippen LogP contribution >= 0.6 is 0 Å². The first-order valence-corrected chi connectivity index (χ1v) is 9.40. The van der Waals surface area contributed by atoms with E-state index in [1.807, 2.05) is 0 Å². The maximum absolute atomic E-state index is 12.9. The zero-order chi connectivity index (χ0) is 24.4. The molecule has 1 heterocycles. The molecule has 0 radical (unpaired) electrons. The second kappa shape index (κ2) is 9.00. The van der Waals surface area contributed by atoms with Gasteiger partial charge >= 0.3 is 18.3 Å². The highest BCUT2D eigenvalue weighted by Gasteiger charge is 2.36.